The summed E-state index contributed by atoms with van der Waals surface area (Å²) in [4.78, 5) is 39.8. The minimum Gasteiger partial charge on any atom is -0.389 e. The fourth-order valence-electron chi connectivity index (χ4n) is 2.75. The van der Waals surface area contributed by atoms with Crippen molar-refractivity contribution in [1.82, 2.24) is 20.3 Å². The molecule has 0 bridgehead atoms. The monoisotopic (exact) mass is 376 g/mol. The molecular weight excluding hydrogens is 350 g/mol. The van der Waals surface area contributed by atoms with Gasteiger partial charge in [0.15, 0.2) is 0 Å². The predicted octanol–water partition coefficient (Wildman–Crippen LogP) is -0.664. The quantitative estimate of drug-likeness (QED) is 0.604. The Morgan fingerprint density at radius 1 is 1.44 bits per heavy atom. The summed E-state index contributed by atoms with van der Waals surface area (Å²) in [5.74, 6) is -1.60. The van der Waals surface area contributed by atoms with Crippen LogP contribution in [0.2, 0.25) is 0 Å². The van der Waals surface area contributed by atoms with Gasteiger partial charge in [0, 0.05) is 25.7 Å². The third-order valence-electron chi connectivity index (χ3n) is 4.59. The molecule has 27 heavy (non-hydrogen) atoms. The van der Waals surface area contributed by atoms with Crippen LogP contribution in [0.5, 0.6) is 0 Å². The Labute approximate surface area is 158 Å². The first-order valence-electron chi connectivity index (χ1n) is 8.84. The molecule has 2 rings (SSSR count). The van der Waals surface area contributed by atoms with E-state index in [1.165, 1.54) is 17.6 Å². The topological polar surface area (TPSA) is 129 Å². The summed E-state index contributed by atoms with van der Waals surface area (Å²) >= 11 is 0. The number of primary amides is 1. The number of carbonyl (C=O) groups excluding carboxylic acids is 3. The lowest BCUT2D eigenvalue weighted by Gasteiger charge is -2.30. The maximum absolute atomic E-state index is 12.7. The van der Waals surface area contributed by atoms with E-state index in [0.717, 1.165) is 0 Å². The predicted molar refractivity (Wildman–Crippen MR) is 97.7 cm³/mol. The van der Waals surface area contributed by atoms with Crippen LogP contribution < -0.4 is 11.1 Å². The fraction of sp³-hybridized carbons (Fsp3) is 0.500. The van der Waals surface area contributed by atoms with Crippen molar-refractivity contribution in [2.75, 3.05) is 20.1 Å². The van der Waals surface area contributed by atoms with Crippen molar-refractivity contribution < 1.29 is 19.5 Å². The number of aliphatic hydroxyl groups is 1. The van der Waals surface area contributed by atoms with Gasteiger partial charge in [-0.25, -0.2) is 5.01 Å². The van der Waals surface area contributed by atoms with E-state index in [4.69, 9.17) is 5.73 Å². The zero-order chi connectivity index (χ0) is 20.0. The van der Waals surface area contributed by atoms with Gasteiger partial charge in [0.2, 0.25) is 11.8 Å². The van der Waals surface area contributed by atoms with Crippen LogP contribution in [0.15, 0.2) is 24.4 Å². The maximum Gasteiger partial charge on any atom is 0.286 e. The van der Waals surface area contributed by atoms with Crippen LogP contribution in [0.3, 0.4) is 0 Å². The lowest BCUT2D eigenvalue weighted by Crippen LogP contribution is -2.49. The molecule has 9 heteroatoms. The molecule has 1 aliphatic heterocycles. The molecule has 1 aliphatic rings. The molecule has 0 aliphatic carbocycles. The van der Waals surface area contributed by atoms with Crippen molar-refractivity contribution >= 4 is 17.7 Å². The molecule has 3 atom stereocenters. The molecule has 0 aromatic carbocycles. The van der Waals surface area contributed by atoms with Gasteiger partial charge in [-0.15, -0.1) is 0 Å². The van der Waals surface area contributed by atoms with Crippen molar-refractivity contribution in [2.24, 2.45) is 11.7 Å². The van der Waals surface area contributed by atoms with E-state index < -0.39 is 24.0 Å². The molecule has 3 amide bonds. The molecule has 0 spiro atoms. The Morgan fingerprint density at radius 2 is 2.19 bits per heavy atom. The van der Waals surface area contributed by atoms with E-state index in [9.17, 15) is 19.5 Å². The summed E-state index contributed by atoms with van der Waals surface area (Å²) in [7, 11) is 1.75. The number of nitrogens with zero attached hydrogens (tertiary/aromatic N) is 3. The summed E-state index contributed by atoms with van der Waals surface area (Å²) in [5.41, 5.74) is 5.46. The zero-order valence-corrected chi connectivity index (χ0v) is 15.5. The lowest BCUT2D eigenvalue weighted by atomic mass is 10.0. The molecule has 1 saturated heterocycles. The zero-order valence-electron chi connectivity index (χ0n) is 15.5. The molecule has 1 aromatic rings. The molecule has 1 radical (unpaired) electrons. The number of rotatable bonds is 6. The highest BCUT2D eigenvalue weighted by atomic mass is 16.3. The normalized spacial score (nSPS) is 22.0. The summed E-state index contributed by atoms with van der Waals surface area (Å²) < 4.78 is 0. The second kappa shape index (κ2) is 9.43. The third-order valence-corrected chi connectivity index (χ3v) is 4.59. The highest BCUT2D eigenvalue weighted by Gasteiger charge is 2.32. The van der Waals surface area contributed by atoms with E-state index in [2.05, 4.69) is 10.3 Å². The summed E-state index contributed by atoms with van der Waals surface area (Å²) in [6.45, 7) is 2.15. The standard InChI is InChI=1S/C18H26N5O4/c1-12(17(19)26)6-7-16(25)21-13-8-10-22(2)23(11-15(13)24)18(27)14-5-3-4-9-20-14/h3-5,7,9,12-13,15,24H,6,8,10-11H2,1-2H3,(H2,19,26)(H,21,25). The number of hydrogen-bond acceptors (Lipinski definition) is 6. The lowest BCUT2D eigenvalue weighted by molar-refractivity contribution is -0.121. The molecular formula is C18H26N5O4. The summed E-state index contributed by atoms with van der Waals surface area (Å²) in [5, 5.41) is 16.4. The first-order valence-corrected chi connectivity index (χ1v) is 8.84. The SMILES string of the molecule is CC(C[CH]C(=O)NC1CCN(C)N(C(=O)c2ccccn2)CC1O)C(N)=O. The van der Waals surface area contributed by atoms with Crippen LogP contribution in [-0.4, -0.2) is 70.1 Å². The van der Waals surface area contributed by atoms with Gasteiger partial charge in [-0.3, -0.25) is 24.4 Å². The fourth-order valence-corrected chi connectivity index (χ4v) is 2.75. The van der Waals surface area contributed by atoms with Crippen molar-refractivity contribution in [3.8, 4) is 0 Å². The van der Waals surface area contributed by atoms with E-state index in [-0.39, 0.29) is 30.5 Å². The molecule has 4 N–H and O–H groups in total. The van der Waals surface area contributed by atoms with E-state index in [1.54, 1.807) is 37.2 Å². The van der Waals surface area contributed by atoms with Crippen LogP contribution in [0.4, 0.5) is 0 Å². The van der Waals surface area contributed by atoms with Crippen molar-refractivity contribution in [3.05, 3.63) is 36.5 Å². The Bertz CT molecular complexity index is 669. The Kier molecular flexibility index (Phi) is 7.26. The van der Waals surface area contributed by atoms with Gasteiger partial charge in [-0.2, -0.15) is 0 Å². The van der Waals surface area contributed by atoms with E-state index in [0.29, 0.717) is 13.0 Å². The van der Waals surface area contributed by atoms with Crippen LogP contribution in [0.25, 0.3) is 0 Å². The maximum atomic E-state index is 12.7. The molecule has 9 nitrogen and oxygen atoms in total. The van der Waals surface area contributed by atoms with Gasteiger partial charge >= 0.3 is 0 Å². The van der Waals surface area contributed by atoms with Gasteiger partial charge in [-0.05, 0) is 25.0 Å². The first kappa shape index (κ1) is 20.8. The number of nitrogens with two attached hydrogens (primary N) is 1. The Hall–Kier alpha value is -2.52. The smallest absolute Gasteiger partial charge is 0.286 e. The molecule has 3 unspecified atom stereocenters. The number of β-amino-alcohol motifs (C(OH)–C–C–N with tert-alkyl or cyclic N) is 1. The first-order chi connectivity index (χ1) is 12.8. The Balaban J connectivity index is 1.96. The number of aliphatic hydroxyl groups excluding tert-OH is 1. The largest absolute Gasteiger partial charge is 0.389 e. The number of hydrazine groups is 1. The number of hydrogen-bond donors (Lipinski definition) is 3. The number of amides is 3. The number of carbonyl (C=O) groups is 3. The summed E-state index contributed by atoms with van der Waals surface area (Å²) in [6.07, 6.45) is 2.65. The van der Waals surface area contributed by atoms with Crippen molar-refractivity contribution in [2.45, 2.75) is 31.9 Å². The highest BCUT2D eigenvalue weighted by molar-refractivity contribution is 5.92. The third kappa shape index (κ3) is 5.73. The molecule has 1 fully saturated rings. The van der Waals surface area contributed by atoms with Crippen LogP contribution in [0, 0.1) is 12.3 Å². The van der Waals surface area contributed by atoms with Gasteiger partial charge in [-0.1, -0.05) is 13.0 Å². The Morgan fingerprint density at radius 3 is 2.81 bits per heavy atom. The van der Waals surface area contributed by atoms with E-state index >= 15 is 0 Å². The van der Waals surface area contributed by atoms with E-state index in [1.807, 2.05) is 0 Å². The molecule has 2 heterocycles. The number of aromatic nitrogens is 1. The minimum atomic E-state index is -0.937. The van der Waals surface area contributed by atoms with Crippen LogP contribution in [0.1, 0.15) is 30.3 Å². The average Bonchev–Trinajstić information content (AvgIpc) is 2.79. The van der Waals surface area contributed by atoms with Crippen molar-refractivity contribution in [1.29, 1.82) is 0 Å². The van der Waals surface area contributed by atoms with Crippen LogP contribution >= 0.6 is 0 Å². The number of pyridine rings is 1. The molecule has 1 aromatic heterocycles. The molecule has 147 valence electrons. The minimum absolute atomic E-state index is 0.0363. The van der Waals surface area contributed by atoms with Crippen molar-refractivity contribution in [3.63, 3.8) is 0 Å². The second-order valence-electron chi connectivity index (χ2n) is 6.70. The summed E-state index contributed by atoms with van der Waals surface area (Å²) in [6, 6.07) is 4.54. The van der Waals surface area contributed by atoms with Gasteiger partial charge in [0.25, 0.3) is 5.91 Å². The molecule has 0 saturated carbocycles. The number of nitrogens with one attached hydrogen (secondary N) is 1. The van der Waals surface area contributed by atoms with Crippen LogP contribution in [-0.2, 0) is 9.59 Å². The van der Waals surface area contributed by atoms with Gasteiger partial charge in [0.1, 0.15) is 5.69 Å². The van der Waals surface area contributed by atoms with Gasteiger partial charge < -0.3 is 16.2 Å². The second-order valence-corrected chi connectivity index (χ2v) is 6.70. The highest BCUT2D eigenvalue weighted by Crippen LogP contribution is 2.15. The van der Waals surface area contributed by atoms with Gasteiger partial charge in [0.05, 0.1) is 25.1 Å². The average molecular weight is 376 g/mol.